The zero-order valence-corrected chi connectivity index (χ0v) is 23.5. The molecule has 0 saturated heterocycles. The monoisotopic (exact) mass is 543 g/mol. The van der Waals surface area contributed by atoms with Gasteiger partial charge in [0.1, 0.15) is 10.7 Å². The Balaban J connectivity index is 1.50. The first-order valence-electron chi connectivity index (χ1n) is 12.5. The first-order chi connectivity index (χ1) is 17.6. The van der Waals surface area contributed by atoms with Gasteiger partial charge in [0.25, 0.3) is 5.91 Å². The van der Waals surface area contributed by atoms with Crippen LogP contribution in [0.3, 0.4) is 0 Å². The molecule has 2 aromatic rings. The first-order valence-corrected chi connectivity index (χ1v) is 14.3. The SMILES string of the molecule is CC(C)CN1C(=O)C(=Cc2cnn(C)c2)N=C1SCC(=O)Nc1sc2c(c1C(=O)OC(C)C)CCCC2. The van der Waals surface area contributed by atoms with Crippen molar-refractivity contribution in [3.8, 4) is 0 Å². The molecule has 1 aliphatic heterocycles. The van der Waals surface area contributed by atoms with Crippen LogP contribution >= 0.6 is 23.1 Å². The number of amidine groups is 1. The molecule has 1 N–H and O–H groups in total. The van der Waals surface area contributed by atoms with E-state index in [9.17, 15) is 14.4 Å². The average Bonchev–Trinajstić information content (AvgIpc) is 3.48. The molecule has 0 spiro atoms. The molecule has 0 bridgehead atoms. The van der Waals surface area contributed by atoms with Gasteiger partial charge >= 0.3 is 5.97 Å². The maximum atomic E-state index is 13.1. The van der Waals surface area contributed by atoms with Crippen LogP contribution in [0.1, 0.15) is 66.9 Å². The van der Waals surface area contributed by atoms with Crippen LogP contribution in [0.2, 0.25) is 0 Å². The average molecular weight is 544 g/mol. The number of hydrogen-bond acceptors (Lipinski definition) is 8. The number of nitrogens with one attached hydrogen (secondary N) is 1. The molecule has 1 aliphatic carbocycles. The summed E-state index contributed by atoms with van der Waals surface area (Å²) < 4.78 is 7.15. The quantitative estimate of drug-likeness (QED) is 0.388. The van der Waals surface area contributed by atoms with E-state index in [1.807, 2.05) is 40.9 Å². The van der Waals surface area contributed by atoms with Crippen molar-refractivity contribution in [2.75, 3.05) is 17.6 Å². The Morgan fingerprint density at radius 3 is 2.68 bits per heavy atom. The highest BCUT2D eigenvalue weighted by molar-refractivity contribution is 8.14. The molecule has 2 aromatic heterocycles. The lowest BCUT2D eigenvalue weighted by Crippen LogP contribution is -2.34. The summed E-state index contributed by atoms with van der Waals surface area (Å²) in [5, 5.41) is 8.12. The van der Waals surface area contributed by atoms with E-state index in [0.717, 1.165) is 41.7 Å². The van der Waals surface area contributed by atoms with Crippen LogP contribution in [0.25, 0.3) is 6.08 Å². The molecule has 0 fully saturated rings. The molecule has 2 aliphatic rings. The lowest BCUT2D eigenvalue weighted by molar-refractivity contribution is -0.123. The fourth-order valence-electron chi connectivity index (χ4n) is 4.27. The Labute approximate surface area is 225 Å². The highest BCUT2D eigenvalue weighted by Gasteiger charge is 2.32. The number of anilines is 1. The second-order valence-corrected chi connectivity index (χ2v) is 11.9. The van der Waals surface area contributed by atoms with Crippen LogP contribution in [0, 0.1) is 5.92 Å². The summed E-state index contributed by atoms with van der Waals surface area (Å²) >= 11 is 2.68. The summed E-state index contributed by atoms with van der Waals surface area (Å²) in [4.78, 5) is 46.3. The van der Waals surface area contributed by atoms with Gasteiger partial charge in [-0.2, -0.15) is 5.10 Å². The molecular formula is C26H33N5O4S2. The van der Waals surface area contributed by atoms with Crippen molar-refractivity contribution in [2.24, 2.45) is 18.0 Å². The summed E-state index contributed by atoms with van der Waals surface area (Å²) in [7, 11) is 1.81. The second-order valence-electron chi connectivity index (χ2n) is 9.89. The fourth-order valence-corrected chi connectivity index (χ4v) is 6.38. The number of aliphatic imine (C=N–C) groups is 1. The molecule has 11 heteroatoms. The summed E-state index contributed by atoms with van der Waals surface area (Å²) in [6.07, 6.45) is 8.75. The Bertz CT molecular complexity index is 1260. The Morgan fingerprint density at radius 1 is 1.24 bits per heavy atom. The van der Waals surface area contributed by atoms with Crippen LogP contribution in [-0.2, 0) is 34.2 Å². The zero-order valence-electron chi connectivity index (χ0n) is 21.9. The van der Waals surface area contributed by atoms with Crippen LogP contribution in [-0.4, -0.2) is 56.0 Å². The fraction of sp³-hybridized carbons (Fsp3) is 0.500. The molecule has 9 nitrogen and oxygen atoms in total. The highest BCUT2D eigenvalue weighted by atomic mass is 32.2. The molecule has 37 heavy (non-hydrogen) atoms. The smallest absolute Gasteiger partial charge is 0.341 e. The predicted octanol–water partition coefficient (Wildman–Crippen LogP) is 4.49. The normalized spacial score (nSPS) is 16.5. The molecule has 0 atom stereocenters. The van der Waals surface area contributed by atoms with Crippen molar-refractivity contribution >= 4 is 57.1 Å². The van der Waals surface area contributed by atoms with Gasteiger partial charge in [0.15, 0.2) is 5.17 Å². The molecule has 0 saturated carbocycles. The van der Waals surface area contributed by atoms with E-state index >= 15 is 0 Å². The summed E-state index contributed by atoms with van der Waals surface area (Å²) in [6, 6.07) is 0. The van der Waals surface area contributed by atoms with Crippen molar-refractivity contribution in [2.45, 2.75) is 59.5 Å². The van der Waals surface area contributed by atoms with Gasteiger partial charge in [0, 0.05) is 30.2 Å². The minimum absolute atomic E-state index is 0.0577. The number of thiophene rings is 1. The van der Waals surface area contributed by atoms with Crippen molar-refractivity contribution < 1.29 is 19.1 Å². The maximum Gasteiger partial charge on any atom is 0.341 e. The first kappa shape index (κ1) is 27.1. The zero-order chi connectivity index (χ0) is 26.7. The number of fused-ring (bicyclic) bond motifs is 1. The van der Waals surface area contributed by atoms with E-state index in [-0.39, 0.29) is 29.6 Å². The number of hydrogen-bond donors (Lipinski definition) is 1. The van der Waals surface area contributed by atoms with E-state index in [1.54, 1.807) is 21.9 Å². The number of rotatable bonds is 8. The predicted molar refractivity (Wildman–Crippen MR) is 148 cm³/mol. The third-order valence-electron chi connectivity index (χ3n) is 5.79. The van der Waals surface area contributed by atoms with Crippen LogP contribution in [0.4, 0.5) is 5.00 Å². The molecule has 2 amide bonds. The van der Waals surface area contributed by atoms with Crippen LogP contribution in [0.5, 0.6) is 0 Å². The van der Waals surface area contributed by atoms with Crippen molar-refractivity contribution in [3.63, 3.8) is 0 Å². The van der Waals surface area contributed by atoms with Gasteiger partial charge in [-0.05, 0) is 57.1 Å². The molecule has 0 aromatic carbocycles. The molecule has 0 unspecified atom stereocenters. The van der Waals surface area contributed by atoms with Gasteiger partial charge in [-0.15, -0.1) is 11.3 Å². The third-order valence-corrected chi connectivity index (χ3v) is 7.97. The van der Waals surface area contributed by atoms with E-state index in [4.69, 9.17) is 4.74 Å². The van der Waals surface area contributed by atoms with E-state index in [2.05, 4.69) is 15.4 Å². The third kappa shape index (κ3) is 6.51. The van der Waals surface area contributed by atoms with E-state index < -0.39 is 5.97 Å². The number of ether oxygens (including phenoxy) is 1. The van der Waals surface area contributed by atoms with E-state index in [1.165, 1.54) is 23.1 Å². The molecule has 3 heterocycles. The number of thioether (sulfide) groups is 1. The van der Waals surface area contributed by atoms with Gasteiger partial charge in [-0.25, -0.2) is 9.79 Å². The number of carbonyl (C=O) groups is 3. The number of amides is 2. The lowest BCUT2D eigenvalue weighted by atomic mass is 9.95. The summed E-state index contributed by atoms with van der Waals surface area (Å²) in [5.41, 5.74) is 2.60. The van der Waals surface area contributed by atoms with Gasteiger partial charge in [0.05, 0.1) is 23.6 Å². The van der Waals surface area contributed by atoms with Gasteiger partial charge < -0.3 is 10.1 Å². The van der Waals surface area contributed by atoms with Gasteiger partial charge in [0.2, 0.25) is 5.91 Å². The number of aryl methyl sites for hydroxylation is 2. The van der Waals surface area contributed by atoms with Gasteiger partial charge in [-0.1, -0.05) is 25.6 Å². The molecule has 0 radical (unpaired) electrons. The minimum Gasteiger partial charge on any atom is -0.459 e. The van der Waals surface area contributed by atoms with Crippen molar-refractivity contribution in [3.05, 3.63) is 39.7 Å². The van der Waals surface area contributed by atoms with Crippen LogP contribution in [0.15, 0.2) is 23.1 Å². The number of nitrogens with zero attached hydrogens (tertiary/aromatic N) is 4. The maximum absolute atomic E-state index is 13.1. The molecule has 4 rings (SSSR count). The van der Waals surface area contributed by atoms with Gasteiger partial charge in [-0.3, -0.25) is 19.2 Å². The number of carbonyl (C=O) groups excluding carboxylic acids is 3. The standard InChI is InChI=1S/C26H33N5O4S2/c1-15(2)12-31-24(33)19(10-17-11-27-30(5)13-17)28-26(31)36-14-21(32)29-23-22(25(34)35-16(3)4)18-8-6-7-9-20(18)37-23/h10-11,13,15-16H,6-9,12,14H2,1-5H3,(H,29,32). The largest absolute Gasteiger partial charge is 0.459 e. The highest BCUT2D eigenvalue weighted by Crippen LogP contribution is 2.39. The summed E-state index contributed by atoms with van der Waals surface area (Å²) in [6.45, 7) is 8.19. The Kier molecular flexibility index (Phi) is 8.53. The van der Waals surface area contributed by atoms with Crippen molar-refractivity contribution in [1.82, 2.24) is 14.7 Å². The van der Waals surface area contributed by atoms with Crippen LogP contribution < -0.4 is 5.32 Å². The lowest BCUT2D eigenvalue weighted by Gasteiger charge is -2.19. The Hall–Kier alpha value is -2.92. The second kappa shape index (κ2) is 11.6. The topological polar surface area (TPSA) is 106 Å². The number of esters is 1. The number of aromatic nitrogens is 2. The summed E-state index contributed by atoms with van der Waals surface area (Å²) in [5.74, 6) is -0.552. The van der Waals surface area contributed by atoms with E-state index in [0.29, 0.717) is 28.0 Å². The molecule has 198 valence electrons. The Morgan fingerprint density at radius 2 is 2.00 bits per heavy atom. The van der Waals surface area contributed by atoms with Crippen molar-refractivity contribution in [1.29, 1.82) is 0 Å². The minimum atomic E-state index is -0.392. The molecular weight excluding hydrogens is 510 g/mol.